The van der Waals surface area contributed by atoms with Crippen LogP contribution < -0.4 is 11.2 Å². The zero-order valence-electron chi connectivity index (χ0n) is 11.5. The third-order valence-electron chi connectivity index (χ3n) is 2.05. The Labute approximate surface area is 110 Å². The average Bonchev–Trinajstić information content (AvgIpc) is 2.39. The lowest BCUT2D eigenvalue weighted by Gasteiger charge is -2.07. The van der Waals surface area contributed by atoms with Crippen LogP contribution in [-0.2, 0) is 19.0 Å². The van der Waals surface area contributed by atoms with E-state index in [0.717, 1.165) is 26.0 Å². The van der Waals surface area contributed by atoms with Crippen LogP contribution in [0.4, 0.5) is 0 Å². The molecule has 0 amide bonds. The number of nitrogens with two attached hydrogens (primary N) is 1. The van der Waals surface area contributed by atoms with Gasteiger partial charge in [-0.2, -0.15) is 0 Å². The molecule has 0 spiro atoms. The van der Waals surface area contributed by atoms with Crippen LogP contribution in [0.3, 0.4) is 0 Å². The molecular formula is C12H28N2O4. The van der Waals surface area contributed by atoms with E-state index in [1.807, 2.05) is 6.92 Å². The summed E-state index contributed by atoms with van der Waals surface area (Å²) in [4.78, 5) is 4.98. The fourth-order valence-electron chi connectivity index (χ4n) is 1.15. The van der Waals surface area contributed by atoms with Crippen LogP contribution in [-0.4, -0.2) is 59.3 Å². The second kappa shape index (κ2) is 16.8. The Balaban J connectivity index is 2.86. The summed E-state index contributed by atoms with van der Waals surface area (Å²) in [6, 6.07) is 0. The number of ether oxygens (including phenoxy) is 3. The first-order valence-corrected chi connectivity index (χ1v) is 6.69. The van der Waals surface area contributed by atoms with Gasteiger partial charge in [0.25, 0.3) is 0 Å². The predicted molar refractivity (Wildman–Crippen MR) is 70.4 cm³/mol. The first kappa shape index (κ1) is 17.8. The van der Waals surface area contributed by atoms with Crippen molar-refractivity contribution in [1.29, 1.82) is 0 Å². The van der Waals surface area contributed by atoms with Gasteiger partial charge in [-0.15, -0.1) is 0 Å². The van der Waals surface area contributed by atoms with Gasteiger partial charge in [0.15, 0.2) is 0 Å². The van der Waals surface area contributed by atoms with Crippen molar-refractivity contribution in [3.05, 3.63) is 0 Å². The van der Waals surface area contributed by atoms with Crippen LogP contribution in [0.15, 0.2) is 0 Å². The fraction of sp³-hybridized carbons (Fsp3) is 1.00. The molecule has 110 valence electrons. The van der Waals surface area contributed by atoms with Crippen molar-refractivity contribution >= 4 is 0 Å². The standard InChI is InChI=1S/C12H28N2O4/c1-2-18-14-6-4-8-16-10-12-17-11-9-15-7-3-5-13/h14H,2-13H2,1H3. The van der Waals surface area contributed by atoms with Gasteiger partial charge in [-0.05, 0) is 26.3 Å². The maximum absolute atomic E-state index is 5.38. The maximum atomic E-state index is 5.38. The first-order chi connectivity index (χ1) is 8.91. The van der Waals surface area contributed by atoms with Crippen LogP contribution in [0.5, 0.6) is 0 Å². The van der Waals surface area contributed by atoms with Gasteiger partial charge in [0.1, 0.15) is 0 Å². The quantitative estimate of drug-likeness (QED) is 0.328. The zero-order chi connectivity index (χ0) is 13.3. The van der Waals surface area contributed by atoms with Crippen LogP contribution in [0, 0.1) is 0 Å². The Morgan fingerprint density at radius 3 is 1.94 bits per heavy atom. The van der Waals surface area contributed by atoms with Crippen LogP contribution >= 0.6 is 0 Å². The molecule has 0 aromatic heterocycles. The fourth-order valence-corrected chi connectivity index (χ4v) is 1.15. The summed E-state index contributed by atoms with van der Waals surface area (Å²) in [6.07, 6.45) is 1.83. The van der Waals surface area contributed by atoms with Crippen molar-refractivity contribution in [2.45, 2.75) is 19.8 Å². The van der Waals surface area contributed by atoms with Crippen molar-refractivity contribution in [2.24, 2.45) is 5.73 Å². The summed E-state index contributed by atoms with van der Waals surface area (Å²) < 4.78 is 16.0. The summed E-state index contributed by atoms with van der Waals surface area (Å²) in [6.45, 7) is 8.01. The van der Waals surface area contributed by atoms with E-state index < -0.39 is 0 Å². The SMILES string of the molecule is CCONCCCOCCOCCOCCCN. The molecule has 0 aromatic rings. The summed E-state index contributed by atoms with van der Waals surface area (Å²) in [7, 11) is 0. The minimum atomic E-state index is 0.610. The molecule has 0 aliphatic heterocycles. The number of hydroxylamine groups is 1. The number of hydrogen-bond donors (Lipinski definition) is 2. The minimum absolute atomic E-state index is 0.610. The van der Waals surface area contributed by atoms with Gasteiger partial charge in [0.2, 0.25) is 0 Å². The van der Waals surface area contributed by atoms with Crippen molar-refractivity contribution in [3.63, 3.8) is 0 Å². The highest BCUT2D eigenvalue weighted by Crippen LogP contribution is 1.85. The monoisotopic (exact) mass is 264 g/mol. The molecule has 3 N–H and O–H groups in total. The topological polar surface area (TPSA) is 75.0 Å². The Bertz CT molecular complexity index is 134. The van der Waals surface area contributed by atoms with Gasteiger partial charge in [-0.3, -0.25) is 0 Å². The molecule has 0 saturated heterocycles. The molecule has 0 rings (SSSR count). The molecule has 0 saturated carbocycles. The van der Waals surface area contributed by atoms with Gasteiger partial charge in [-0.25, -0.2) is 5.48 Å². The highest BCUT2D eigenvalue weighted by molar-refractivity contribution is 4.39. The third kappa shape index (κ3) is 15.8. The molecule has 0 radical (unpaired) electrons. The van der Waals surface area contributed by atoms with Crippen LogP contribution in [0.1, 0.15) is 19.8 Å². The van der Waals surface area contributed by atoms with E-state index in [1.54, 1.807) is 0 Å². The van der Waals surface area contributed by atoms with Gasteiger partial charge in [0.05, 0.1) is 33.0 Å². The van der Waals surface area contributed by atoms with Crippen molar-refractivity contribution in [2.75, 3.05) is 59.3 Å². The third-order valence-corrected chi connectivity index (χ3v) is 2.05. The van der Waals surface area contributed by atoms with Crippen molar-refractivity contribution < 1.29 is 19.0 Å². The molecule has 6 nitrogen and oxygen atoms in total. The van der Waals surface area contributed by atoms with E-state index in [4.69, 9.17) is 24.8 Å². The molecule has 0 aromatic carbocycles. The maximum Gasteiger partial charge on any atom is 0.0701 e. The number of rotatable bonds is 15. The van der Waals surface area contributed by atoms with Gasteiger partial charge < -0.3 is 24.8 Å². The highest BCUT2D eigenvalue weighted by atomic mass is 16.6. The lowest BCUT2D eigenvalue weighted by Crippen LogP contribution is -2.17. The van der Waals surface area contributed by atoms with Gasteiger partial charge >= 0.3 is 0 Å². The molecule has 0 bridgehead atoms. The largest absolute Gasteiger partial charge is 0.379 e. The van der Waals surface area contributed by atoms with Crippen molar-refractivity contribution in [3.8, 4) is 0 Å². The van der Waals surface area contributed by atoms with Crippen LogP contribution in [0.2, 0.25) is 0 Å². The summed E-state index contributed by atoms with van der Waals surface area (Å²) in [5.74, 6) is 0. The second-order valence-electron chi connectivity index (χ2n) is 3.66. The van der Waals surface area contributed by atoms with E-state index in [2.05, 4.69) is 5.48 Å². The van der Waals surface area contributed by atoms with Crippen LogP contribution in [0.25, 0.3) is 0 Å². The van der Waals surface area contributed by atoms with E-state index in [-0.39, 0.29) is 0 Å². The zero-order valence-corrected chi connectivity index (χ0v) is 11.5. The first-order valence-electron chi connectivity index (χ1n) is 6.69. The average molecular weight is 264 g/mol. The lowest BCUT2D eigenvalue weighted by atomic mass is 10.5. The molecule has 0 aliphatic rings. The van der Waals surface area contributed by atoms with E-state index in [0.29, 0.717) is 46.2 Å². The van der Waals surface area contributed by atoms with E-state index >= 15 is 0 Å². The molecule has 0 fully saturated rings. The Hall–Kier alpha value is -0.240. The van der Waals surface area contributed by atoms with E-state index in [9.17, 15) is 0 Å². The molecule has 0 aliphatic carbocycles. The van der Waals surface area contributed by atoms with Crippen molar-refractivity contribution in [1.82, 2.24) is 5.48 Å². The summed E-state index contributed by atoms with van der Waals surface area (Å²) in [5, 5.41) is 0. The Morgan fingerprint density at radius 1 is 0.833 bits per heavy atom. The summed E-state index contributed by atoms with van der Waals surface area (Å²) in [5.41, 5.74) is 8.17. The smallest absolute Gasteiger partial charge is 0.0701 e. The molecule has 6 heteroatoms. The predicted octanol–water partition coefficient (Wildman–Crippen LogP) is 0.316. The molecule has 0 heterocycles. The Morgan fingerprint density at radius 2 is 1.39 bits per heavy atom. The Kier molecular flexibility index (Phi) is 16.5. The normalized spacial score (nSPS) is 11.0. The molecule has 0 atom stereocenters. The van der Waals surface area contributed by atoms with E-state index in [1.165, 1.54) is 0 Å². The molecule has 0 unspecified atom stereocenters. The second-order valence-corrected chi connectivity index (χ2v) is 3.66. The number of hydrogen-bond acceptors (Lipinski definition) is 6. The highest BCUT2D eigenvalue weighted by Gasteiger charge is 1.92. The van der Waals surface area contributed by atoms with Gasteiger partial charge in [-0.1, -0.05) is 0 Å². The lowest BCUT2D eigenvalue weighted by molar-refractivity contribution is 0.00941. The van der Waals surface area contributed by atoms with Gasteiger partial charge in [0, 0.05) is 19.8 Å². The summed E-state index contributed by atoms with van der Waals surface area (Å²) >= 11 is 0. The number of nitrogens with one attached hydrogen (secondary N) is 1. The molecular weight excluding hydrogens is 236 g/mol. The minimum Gasteiger partial charge on any atom is -0.379 e. The molecule has 18 heavy (non-hydrogen) atoms.